The monoisotopic (exact) mass is 466 g/mol. The molecule has 2 aromatic rings. The van der Waals surface area contributed by atoms with Crippen LogP contribution < -0.4 is 15.4 Å². The fourth-order valence-corrected chi connectivity index (χ4v) is 4.25. The van der Waals surface area contributed by atoms with Crippen molar-refractivity contribution in [2.24, 2.45) is 10.9 Å². The van der Waals surface area contributed by atoms with Crippen LogP contribution in [-0.2, 0) is 4.79 Å². The lowest BCUT2D eigenvalue weighted by Crippen LogP contribution is -2.46. The second-order valence-electron chi connectivity index (χ2n) is 7.47. The quantitative estimate of drug-likeness (QED) is 0.658. The number of rotatable bonds is 4. The topological polar surface area (TPSA) is 66.0 Å². The summed E-state index contributed by atoms with van der Waals surface area (Å²) >= 11 is 11.8. The summed E-state index contributed by atoms with van der Waals surface area (Å²) in [5.41, 5.74) is 3.34. The molecule has 0 fully saturated rings. The van der Waals surface area contributed by atoms with E-state index in [0.717, 1.165) is 27.7 Å². The van der Waals surface area contributed by atoms with Gasteiger partial charge < -0.3 is 20.3 Å². The van der Waals surface area contributed by atoms with Gasteiger partial charge in [-0.2, -0.15) is 0 Å². The number of hydrogen-bond acceptors (Lipinski definition) is 4. The summed E-state index contributed by atoms with van der Waals surface area (Å²) in [6, 6.07) is 17.2. The smallest absolute Gasteiger partial charge is 0.271 e. The van der Waals surface area contributed by atoms with Gasteiger partial charge in [-0.25, -0.2) is 0 Å². The number of halogens is 1. The molecule has 2 aliphatic rings. The molecule has 4 rings (SSSR count). The molecule has 0 saturated heterocycles. The third-order valence-electron chi connectivity index (χ3n) is 5.41. The number of carbonyl (C=O) groups is 1. The van der Waals surface area contributed by atoms with Crippen LogP contribution >= 0.6 is 23.8 Å². The van der Waals surface area contributed by atoms with Crippen molar-refractivity contribution in [3.63, 3.8) is 0 Å². The van der Waals surface area contributed by atoms with Gasteiger partial charge in [0, 0.05) is 35.4 Å². The molecule has 1 aliphatic carbocycles. The molecule has 2 N–H and O–H groups in total. The number of methoxy groups -OCH3 is 1. The zero-order valence-electron chi connectivity index (χ0n) is 17.7. The molecular weight excluding hydrogens is 444 g/mol. The summed E-state index contributed by atoms with van der Waals surface area (Å²) in [5.74, 6) is 0.372. The average molecular weight is 467 g/mol. The van der Waals surface area contributed by atoms with Gasteiger partial charge in [-0.15, -0.1) is 0 Å². The standard InChI is InChI=1S/C24H23ClN4O2S/c1-29-20-12-11-16(25)13-19(20)21(15-7-4-3-5-8-15)27-22(23(29)30)28-24(32)26-17-9-6-10-18(14-17)31-2/h3-12,14,19,22H,13H2,1-2H3,(H2,26,28,32). The first-order valence-corrected chi connectivity index (χ1v) is 10.9. The van der Waals surface area contributed by atoms with E-state index in [4.69, 9.17) is 33.5 Å². The second-order valence-corrected chi connectivity index (χ2v) is 8.37. The van der Waals surface area contributed by atoms with Crippen LogP contribution in [0, 0.1) is 5.92 Å². The lowest BCUT2D eigenvalue weighted by Gasteiger charge is -2.28. The number of nitrogens with one attached hydrogen (secondary N) is 2. The molecule has 2 atom stereocenters. The molecule has 1 aliphatic heterocycles. The molecule has 1 amide bonds. The van der Waals surface area contributed by atoms with Crippen LogP contribution in [0.3, 0.4) is 0 Å². The van der Waals surface area contributed by atoms with Crippen molar-refractivity contribution in [2.45, 2.75) is 12.6 Å². The number of fused-ring (bicyclic) bond motifs is 1. The van der Waals surface area contributed by atoms with Gasteiger partial charge in [0.25, 0.3) is 5.91 Å². The number of aliphatic imine (C=N–C) groups is 1. The van der Waals surface area contributed by atoms with Gasteiger partial charge in [0.1, 0.15) is 5.75 Å². The molecule has 6 nitrogen and oxygen atoms in total. The Hall–Kier alpha value is -3.16. The van der Waals surface area contributed by atoms with E-state index < -0.39 is 6.17 Å². The molecular formula is C24H23ClN4O2S. The normalized spacial score (nSPS) is 20.3. The van der Waals surface area contributed by atoms with Crippen molar-refractivity contribution < 1.29 is 9.53 Å². The van der Waals surface area contributed by atoms with E-state index in [1.54, 1.807) is 19.1 Å². The lowest BCUT2D eigenvalue weighted by atomic mass is 9.87. The number of benzene rings is 2. The summed E-state index contributed by atoms with van der Waals surface area (Å²) in [7, 11) is 3.36. The number of ether oxygens (including phenoxy) is 1. The second kappa shape index (κ2) is 9.54. The molecule has 8 heteroatoms. The maximum absolute atomic E-state index is 13.3. The van der Waals surface area contributed by atoms with Gasteiger partial charge in [0.2, 0.25) is 6.17 Å². The molecule has 1 heterocycles. The van der Waals surface area contributed by atoms with Gasteiger partial charge in [-0.3, -0.25) is 9.79 Å². The van der Waals surface area contributed by atoms with Gasteiger partial charge in [0.05, 0.1) is 12.8 Å². The Balaban J connectivity index is 1.65. The van der Waals surface area contributed by atoms with Crippen LogP contribution in [0.1, 0.15) is 12.0 Å². The molecule has 164 valence electrons. The van der Waals surface area contributed by atoms with E-state index in [1.807, 2.05) is 66.7 Å². The van der Waals surface area contributed by atoms with Gasteiger partial charge >= 0.3 is 0 Å². The molecule has 0 radical (unpaired) electrons. The van der Waals surface area contributed by atoms with E-state index in [-0.39, 0.29) is 16.9 Å². The zero-order chi connectivity index (χ0) is 22.7. The van der Waals surface area contributed by atoms with Crippen molar-refractivity contribution in [1.29, 1.82) is 0 Å². The summed E-state index contributed by atoms with van der Waals surface area (Å²) in [6.07, 6.45) is 3.42. The highest BCUT2D eigenvalue weighted by Crippen LogP contribution is 2.34. The third kappa shape index (κ3) is 4.69. The van der Waals surface area contributed by atoms with Crippen LogP contribution in [0.4, 0.5) is 5.69 Å². The van der Waals surface area contributed by atoms with Crippen LogP contribution in [0.5, 0.6) is 5.75 Å². The number of thiocarbonyl (C=S) groups is 1. The average Bonchev–Trinajstić information content (AvgIpc) is 2.90. The van der Waals surface area contributed by atoms with E-state index in [0.29, 0.717) is 12.2 Å². The van der Waals surface area contributed by atoms with E-state index in [1.165, 1.54) is 0 Å². The first-order chi connectivity index (χ1) is 15.5. The molecule has 2 aromatic carbocycles. The largest absolute Gasteiger partial charge is 0.497 e. The number of nitrogens with zero attached hydrogens (tertiary/aromatic N) is 2. The number of carbonyl (C=O) groups excluding carboxylic acids is 1. The number of hydrogen-bond donors (Lipinski definition) is 2. The first kappa shape index (κ1) is 22.0. The maximum atomic E-state index is 13.3. The Labute approximate surface area is 197 Å². The highest BCUT2D eigenvalue weighted by Gasteiger charge is 2.36. The third-order valence-corrected chi connectivity index (χ3v) is 5.91. The number of likely N-dealkylation sites (N-methyl/N-ethyl adjacent to an activating group) is 1. The Morgan fingerprint density at radius 2 is 1.97 bits per heavy atom. The minimum atomic E-state index is -0.883. The maximum Gasteiger partial charge on any atom is 0.271 e. The molecule has 0 aromatic heterocycles. The highest BCUT2D eigenvalue weighted by atomic mass is 35.5. The minimum Gasteiger partial charge on any atom is -0.497 e. The Morgan fingerprint density at radius 3 is 2.72 bits per heavy atom. The van der Waals surface area contributed by atoms with E-state index >= 15 is 0 Å². The van der Waals surface area contributed by atoms with Crippen molar-refractivity contribution in [3.05, 3.63) is 83.0 Å². The molecule has 2 unspecified atom stereocenters. The summed E-state index contributed by atoms with van der Waals surface area (Å²) in [6.45, 7) is 0. The Kier molecular flexibility index (Phi) is 6.58. The van der Waals surface area contributed by atoms with E-state index in [2.05, 4.69) is 10.6 Å². The number of anilines is 1. The predicted octanol–water partition coefficient (Wildman–Crippen LogP) is 4.30. The fourth-order valence-electron chi connectivity index (χ4n) is 3.81. The number of allylic oxidation sites excluding steroid dienone is 4. The number of amides is 1. The molecule has 0 saturated carbocycles. The highest BCUT2D eigenvalue weighted by molar-refractivity contribution is 7.80. The molecule has 0 spiro atoms. The minimum absolute atomic E-state index is 0.129. The van der Waals surface area contributed by atoms with Crippen LogP contribution in [0.25, 0.3) is 0 Å². The van der Waals surface area contributed by atoms with Crippen molar-refractivity contribution >= 4 is 46.2 Å². The van der Waals surface area contributed by atoms with Gasteiger partial charge in [-0.1, -0.05) is 48.0 Å². The van der Waals surface area contributed by atoms with Crippen molar-refractivity contribution in [2.75, 3.05) is 19.5 Å². The Bertz CT molecular complexity index is 1130. The molecule has 32 heavy (non-hydrogen) atoms. The van der Waals surface area contributed by atoms with Gasteiger partial charge in [0.15, 0.2) is 5.11 Å². The zero-order valence-corrected chi connectivity index (χ0v) is 19.3. The summed E-state index contributed by atoms with van der Waals surface area (Å²) < 4.78 is 5.25. The predicted molar refractivity (Wildman–Crippen MR) is 132 cm³/mol. The van der Waals surface area contributed by atoms with Crippen molar-refractivity contribution in [3.8, 4) is 5.75 Å². The Morgan fingerprint density at radius 1 is 1.19 bits per heavy atom. The molecule has 0 bridgehead atoms. The van der Waals surface area contributed by atoms with Crippen LogP contribution in [0.2, 0.25) is 0 Å². The van der Waals surface area contributed by atoms with Crippen molar-refractivity contribution in [1.82, 2.24) is 10.2 Å². The SMILES string of the molecule is COc1cccc(NC(=S)NC2N=C(c3ccccc3)C3CC(Cl)=CC=C3N(C)C2=O)c1. The summed E-state index contributed by atoms with van der Waals surface area (Å²) in [4.78, 5) is 19.8. The van der Waals surface area contributed by atoms with Gasteiger partial charge in [-0.05, 0) is 48.5 Å². The van der Waals surface area contributed by atoms with Crippen LogP contribution in [0.15, 0.2) is 82.5 Å². The first-order valence-electron chi connectivity index (χ1n) is 10.1. The van der Waals surface area contributed by atoms with Crippen LogP contribution in [-0.4, -0.2) is 42.0 Å². The fraction of sp³-hybridized carbons (Fsp3) is 0.208. The van der Waals surface area contributed by atoms with E-state index in [9.17, 15) is 4.79 Å². The lowest BCUT2D eigenvalue weighted by molar-refractivity contribution is -0.129. The summed E-state index contributed by atoms with van der Waals surface area (Å²) in [5, 5.41) is 7.18.